The molecule has 12 heavy (non-hydrogen) atoms. The van der Waals surface area contributed by atoms with Crippen LogP contribution in [-0.2, 0) is 0 Å². The second-order valence-corrected chi connectivity index (χ2v) is 2.84. The van der Waals surface area contributed by atoms with E-state index in [9.17, 15) is 0 Å². The van der Waals surface area contributed by atoms with Crippen molar-refractivity contribution in [1.29, 1.82) is 0 Å². The lowest BCUT2D eigenvalue weighted by molar-refractivity contribution is 0.892. The number of rotatable bonds is 3. The fourth-order valence-corrected chi connectivity index (χ4v) is 1.07. The molecule has 0 atom stereocenters. The Balaban J connectivity index is 0. The van der Waals surface area contributed by atoms with Crippen LogP contribution in [0.2, 0.25) is 0 Å². The van der Waals surface area contributed by atoms with Gasteiger partial charge in [-0.15, -0.1) is 13.2 Å². The topological polar surface area (TPSA) is 12.0 Å². The Kier molecular flexibility index (Phi) is 12.6. The lowest BCUT2D eigenvalue weighted by Crippen LogP contribution is -2.10. The molecule has 0 fully saturated rings. The molecule has 0 saturated carbocycles. The average molecular weight is 232 g/mol. The second-order valence-electron chi connectivity index (χ2n) is 1.98. The third-order valence-electron chi connectivity index (χ3n) is 1.28. The van der Waals surface area contributed by atoms with Gasteiger partial charge < -0.3 is 5.32 Å². The van der Waals surface area contributed by atoms with E-state index in [0.717, 1.165) is 6.54 Å². The number of nitrogens with one attached hydrogen (secondary N) is 1. The quantitative estimate of drug-likeness (QED) is 0.581. The third kappa shape index (κ3) is 6.38. The molecule has 0 aliphatic carbocycles. The Morgan fingerprint density at radius 3 is 2.08 bits per heavy atom. The molecule has 70 valence electrons. The highest BCUT2D eigenvalue weighted by Gasteiger charge is 1.95. The molecule has 0 spiro atoms. The molecule has 0 unspecified atom stereocenters. The van der Waals surface area contributed by atoms with Crippen LogP contribution in [0.3, 0.4) is 0 Å². The minimum Gasteiger partial charge on any atom is -0.316 e. The summed E-state index contributed by atoms with van der Waals surface area (Å²) < 4.78 is 1.17. The summed E-state index contributed by atoms with van der Waals surface area (Å²) in [5, 5.41) is 3.09. The monoisotopic (exact) mass is 231 g/mol. The summed E-state index contributed by atoms with van der Waals surface area (Å²) in [6.45, 7) is 11.0. The zero-order chi connectivity index (χ0) is 9.98. The van der Waals surface area contributed by atoms with Gasteiger partial charge in [-0.05, 0) is 26.5 Å². The molecule has 1 nitrogen and oxygen atoms in total. The van der Waals surface area contributed by atoms with E-state index in [1.165, 1.54) is 10.1 Å². The molecule has 0 amide bonds. The summed E-state index contributed by atoms with van der Waals surface area (Å²) in [7, 11) is 1.94. The summed E-state index contributed by atoms with van der Waals surface area (Å²) in [5.41, 5.74) is 1.30. The third-order valence-corrected chi connectivity index (χ3v) is 2.24. The van der Waals surface area contributed by atoms with Crippen molar-refractivity contribution in [2.24, 2.45) is 0 Å². The molecular formula is C10H18BrN. The molecule has 0 aliphatic heterocycles. The largest absolute Gasteiger partial charge is 0.316 e. The summed E-state index contributed by atoms with van der Waals surface area (Å²) in [5.74, 6) is 0. The van der Waals surface area contributed by atoms with Crippen LogP contribution in [0, 0.1) is 0 Å². The van der Waals surface area contributed by atoms with Gasteiger partial charge in [0.25, 0.3) is 0 Å². The first-order valence-electron chi connectivity index (χ1n) is 3.88. The van der Waals surface area contributed by atoms with Gasteiger partial charge in [0.05, 0.1) is 0 Å². The van der Waals surface area contributed by atoms with E-state index in [1.54, 1.807) is 0 Å². The SMILES string of the molecule is C/C=C(CNC)\C(Br)=C/C.C=C. The second kappa shape index (κ2) is 10.7. The lowest BCUT2D eigenvalue weighted by Gasteiger charge is -2.03. The van der Waals surface area contributed by atoms with Crippen molar-refractivity contribution in [2.45, 2.75) is 13.8 Å². The minimum absolute atomic E-state index is 0.918. The zero-order valence-corrected chi connectivity index (χ0v) is 9.74. The van der Waals surface area contributed by atoms with Crippen LogP contribution in [0.5, 0.6) is 0 Å². The van der Waals surface area contributed by atoms with Gasteiger partial charge in [-0.3, -0.25) is 0 Å². The lowest BCUT2D eigenvalue weighted by atomic mass is 10.2. The van der Waals surface area contributed by atoms with Gasteiger partial charge in [-0.2, -0.15) is 0 Å². The van der Waals surface area contributed by atoms with Gasteiger partial charge in [-0.25, -0.2) is 0 Å². The molecule has 0 aromatic heterocycles. The fourth-order valence-electron chi connectivity index (χ4n) is 0.700. The molecule has 0 rings (SSSR count). The first-order chi connectivity index (χ1) is 5.76. The Hall–Kier alpha value is -0.340. The normalized spacial score (nSPS) is 12.0. The Labute approximate surface area is 84.4 Å². The van der Waals surface area contributed by atoms with Crippen LogP contribution in [-0.4, -0.2) is 13.6 Å². The maximum absolute atomic E-state index is 3.46. The van der Waals surface area contributed by atoms with Crippen molar-refractivity contribution < 1.29 is 0 Å². The fraction of sp³-hybridized carbons (Fsp3) is 0.400. The molecule has 0 aliphatic rings. The van der Waals surface area contributed by atoms with Crippen LogP contribution in [0.1, 0.15) is 13.8 Å². The molecule has 0 aromatic rings. The van der Waals surface area contributed by atoms with E-state index in [-0.39, 0.29) is 0 Å². The molecular weight excluding hydrogens is 214 g/mol. The van der Waals surface area contributed by atoms with Gasteiger partial charge in [0.2, 0.25) is 0 Å². The molecule has 0 aromatic carbocycles. The van der Waals surface area contributed by atoms with Crippen LogP contribution in [0.15, 0.2) is 35.4 Å². The number of hydrogen-bond acceptors (Lipinski definition) is 1. The van der Waals surface area contributed by atoms with Crippen molar-refractivity contribution in [3.8, 4) is 0 Å². The number of likely N-dealkylation sites (N-methyl/N-ethyl adjacent to an activating group) is 1. The van der Waals surface area contributed by atoms with Crippen molar-refractivity contribution in [2.75, 3.05) is 13.6 Å². The van der Waals surface area contributed by atoms with Gasteiger partial charge in [0, 0.05) is 11.0 Å². The molecule has 0 heterocycles. The summed E-state index contributed by atoms with van der Waals surface area (Å²) in [4.78, 5) is 0. The van der Waals surface area contributed by atoms with Crippen LogP contribution in [0.25, 0.3) is 0 Å². The van der Waals surface area contributed by atoms with Crippen LogP contribution < -0.4 is 5.32 Å². The Bertz CT molecular complexity index is 159. The zero-order valence-electron chi connectivity index (χ0n) is 8.15. The maximum Gasteiger partial charge on any atom is 0.0210 e. The predicted octanol–water partition coefficient (Wildman–Crippen LogP) is 3.25. The summed E-state index contributed by atoms with van der Waals surface area (Å²) in [6, 6.07) is 0. The highest BCUT2D eigenvalue weighted by atomic mass is 79.9. The van der Waals surface area contributed by atoms with E-state index in [4.69, 9.17) is 0 Å². The predicted molar refractivity (Wildman–Crippen MR) is 61.6 cm³/mol. The van der Waals surface area contributed by atoms with E-state index in [2.05, 4.69) is 40.5 Å². The van der Waals surface area contributed by atoms with E-state index in [0.29, 0.717) is 0 Å². The summed E-state index contributed by atoms with van der Waals surface area (Å²) in [6.07, 6.45) is 4.15. The van der Waals surface area contributed by atoms with E-state index in [1.807, 2.05) is 27.0 Å². The van der Waals surface area contributed by atoms with Crippen LogP contribution >= 0.6 is 15.9 Å². The molecule has 0 bridgehead atoms. The van der Waals surface area contributed by atoms with Gasteiger partial charge in [-0.1, -0.05) is 28.1 Å². The van der Waals surface area contributed by atoms with Crippen molar-refractivity contribution >= 4 is 15.9 Å². The molecule has 1 N–H and O–H groups in total. The smallest absolute Gasteiger partial charge is 0.0210 e. The molecule has 2 heteroatoms. The van der Waals surface area contributed by atoms with Gasteiger partial charge >= 0.3 is 0 Å². The number of hydrogen-bond donors (Lipinski definition) is 1. The molecule has 0 radical (unpaired) electrons. The Morgan fingerprint density at radius 1 is 1.33 bits per heavy atom. The first kappa shape index (κ1) is 14.2. The van der Waals surface area contributed by atoms with Gasteiger partial charge in [0.1, 0.15) is 0 Å². The minimum atomic E-state index is 0.918. The Morgan fingerprint density at radius 2 is 1.83 bits per heavy atom. The first-order valence-corrected chi connectivity index (χ1v) is 4.67. The number of allylic oxidation sites excluding steroid dienone is 2. The van der Waals surface area contributed by atoms with Crippen molar-refractivity contribution in [3.63, 3.8) is 0 Å². The summed E-state index contributed by atoms with van der Waals surface area (Å²) >= 11 is 3.46. The van der Waals surface area contributed by atoms with Crippen molar-refractivity contribution in [3.05, 3.63) is 35.4 Å². The number of halogens is 1. The van der Waals surface area contributed by atoms with Crippen molar-refractivity contribution in [1.82, 2.24) is 5.32 Å². The highest BCUT2D eigenvalue weighted by molar-refractivity contribution is 9.12. The van der Waals surface area contributed by atoms with E-state index < -0.39 is 0 Å². The average Bonchev–Trinajstić information content (AvgIpc) is 2.16. The van der Waals surface area contributed by atoms with E-state index >= 15 is 0 Å². The standard InChI is InChI=1S/C8H14BrN.C2H4/c1-4-7(6-10-3)8(9)5-2;1-2/h4-5,10H,6H2,1-3H3;1-2H2/b7-4-,8-5+;. The van der Waals surface area contributed by atoms with Gasteiger partial charge in [0.15, 0.2) is 0 Å². The maximum atomic E-state index is 3.46. The van der Waals surface area contributed by atoms with Crippen LogP contribution in [0.4, 0.5) is 0 Å². The molecule has 0 saturated heterocycles. The highest BCUT2D eigenvalue weighted by Crippen LogP contribution is 2.15.